The SMILES string of the molecule is CC[C@H](C(=O)NC(C)C)N(Cc1ccc(Cl)cc1)C(=O)CN(c1cc(Cl)ccc1Cl)S(=O)(=O)c1ccccc1. The van der Waals surface area contributed by atoms with E-state index in [1.807, 2.05) is 13.8 Å². The van der Waals surface area contributed by atoms with E-state index in [2.05, 4.69) is 5.32 Å². The molecule has 0 aromatic heterocycles. The highest BCUT2D eigenvalue weighted by molar-refractivity contribution is 7.92. The smallest absolute Gasteiger partial charge is 0.264 e. The molecule has 0 aliphatic rings. The number of carbonyl (C=O) groups excluding carboxylic acids is 2. The second kappa shape index (κ2) is 13.5. The number of halogens is 3. The highest BCUT2D eigenvalue weighted by Crippen LogP contribution is 2.33. The van der Waals surface area contributed by atoms with Crippen LogP contribution in [0.3, 0.4) is 0 Å². The molecular weight excluding hydrogens is 581 g/mol. The predicted octanol–water partition coefficient (Wildman–Crippen LogP) is 6.17. The maximum absolute atomic E-state index is 14.0. The Morgan fingerprint density at radius 2 is 1.51 bits per heavy atom. The summed E-state index contributed by atoms with van der Waals surface area (Å²) in [5, 5.41) is 3.73. The van der Waals surface area contributed by atoms with Crippen molar-refractivity contribution in [2.24, 2.45) is 0 Å². The molecule has 0 aliphatic heterocycles. The minimum absolute atomic E-state index is 0.0253. The molecule has 0 saturated carbocycles. The van der Waals surface area contributed by atoms with Gasteiger partial charge in [0.2, 0.25) is 11.8 Å². The van der Waals surface area contributed by atoms with Gasteiger partial charge in [0.15, 0.2) is 0 Å². The summed E-state index contributed by atoms with van der Waals surface area (Å²) in [5.74, 6) is -0.931. The third-order valence-corrected chi connectivity index (χ3v) is 8.45. The van der Waals surface area contributed by atoms with Crippen LogP contribution in [-0.2, 0) is 26.2 Å². The average molecular weight is 611 g/mol. The van der Waals surface area contributed by atoms with E-state index in [-0.39, 0.29) is 39.1 Å². The summed E-state index contributed by atoms with van der Waals surface area (Å²) in [6, 6.07) is 18.0. The molecule has 3 aromatic carbocycles. The van der Waals surface area contributed by atoms with Gasteiger partial charge in [-0.3, -0.25) is 13.9 Å². The van der Waals surface area contributed by atoms with Crippen molar-refractivity contribution in [2.45, 2.75) is 50.7 Å². The van der Waals surface area contributed by atoms with E-state index in [4.69, 9.17) is 34.8 Å². The van der Waals surface area contributed by atoms with E-state index >= 15 is 0 Å². The van der Waals surface area contributed by atoms with Gasteiger partial charge in [0, 0.05) is 22.6 Å². The van der Waals surface area contributed by atoms with Crippen LogP contribution in [-0.4, -0.2) is 43.8 Å². The van der Waals surface area contributed by atoms with Gasteiger partial charge in [0.1, 0.15) is 12.6 Å². The van der Waals surface area contributed by atoms with Crippen LogP contribution in [0, 0.1) is 0 Å². The number of carbonyl (C=O) groups is 2. The van der Waals surface area contributed by atoms with Crippen LogP contribution in [0.2, 0.25) is 15.1 Å². The first kappa shape index (κ1) is 30.8. The van der Waals surface area contributed by atoms with Gasteiger partial charge in [-0.1, -0.05) is 72.1 Å². The topological polar surface area (TPSA) is 86.8 Å². The van der Waals surface area contributed by atoms with Crippen molar-refractivity contribution in [1.82, 2.24) is 10.2 Å². The van der Waals surface area contributed by atoms with Gasteiger partial charge in [0.25, 0.3) is 10.0 Å². The number of amides is 2. The minimum atomic E-state index is -4.25. The minimum Gasteiger partial charge on any atom is -0.352 e. The summed E-state index contributed by atoms with van der Waals surface area (Å²) in [6.07, 6.45) is 0.307. The van der Waals surface area contributed by atoms with Gasteiger partial charge in [-0.25, -0.2) is 8.42 Å². The maximum atomic E-state index is 14.0. The summed E-state index contributed by atoms with van der Waals surface area (Å²) in [7, 11) is -4.25. The van der Waals surface area contributed by atoms with Crippen LogP contribution < -0.4 is 9.62 Å². The fraction of sp³-hybridized carbons (Fsp3) is 0.286. The Bertz CT molecular complexity index is 1400. The van der Waals surface area contributed by atoms with Crippen molar-refractivity contribution in [3.63, 3.8) is 0 Å². The zero-order valence-electron chi connectivity index (χ0n) is 21.8. The van der Waals surface area contributed by atoms with Crippen molar-refractivity contribution >= 4 is 62.3 Å². The number of rotatable bonds is 11. The number of hydrogen-bond acceptors (Lipinski definition) is 4. The predicted molar refractivity (Wildman–Crippen MR) is 157 cm³/mol. The number of nitrogens with one attached hydrogen (secondary N) is 1. The number of nitrogens with zero attached hydrogens (tertiary/aromatic N) is 2. The molecule has 208 valence electrons. The Kier molecular flexibility index (Phi) is 10.7. The second-order valence-corrected chi connectivity index (χ2v) is 12.3. The van der Waals surface area contributed by atoms with Gasteiger partial charge in [0.05, 0.1) is 15.6 Å². The molecule has 2 amide bonds. The van der Waals surface area contributed by atoms with Gasteiger partial charge in [-0.15, -0.1) is 0 Å². The normalized spacial score (nSPS) is 12.2. The van der Waals surface area contributed by atoms with Crippen LogP contribution >= 0.6 is 34.8 Å². The molecule has 0 unspecified atom stereocenters. The van der Waals surface area contributed by atoms with E-state index in [9.17, 15) is 18.0 Å². The molecule has 0 bridgehead atoms. The molecule has 7 nitrogen and oxygen atoms in total. The van der Waals surface area contributed by atoms with Crippen LogP contribution in [0.15, 0.2) is 77.7 Å². The highest BCUT2D eigenvalue weighted by Gasteiger charge is 2.34. The lowest BCUT2D eigenvalue weighted by atomic mass is 10.1. The van der Waals surface area contributed by atoms with Crippen molar-refractivity contribution in [3.05, 3.63) is 93.4 Å². The van der Waals surface area contributed by atoms with E-state index in [0.29, 0.717) is 11.4 Å². The summed E-state index contributed by atoms with van der Waals surface area (Å²) in [5.41, 5.74) is 0.772. The molecule has 0 saturated heterocycles. The number of sulfonamides is 1. The fourth-order valence-corrected chi connectivity index (χ4v) is 6.00. The van der Waals surface area contributed by atoms with Crippen LogP contribution in [0.4, 0.5) is 5.69 Å². The molecule has 39 heavy (non-hydrogen) atoms. The summed E-state index contributed by atoms with van der Waals surface area (Å²) in [6.45, 7) is 4.88. The Balaban J connectivity index is 2.09. The Labute approximate surface area is 244 Å². The fourth-order valence-electron chi connectivity index (χ4n) is 4.00. The van der Waals surface area contributed by atoms with Crippen molar-refractivity contribution in [1.29, 1.82) is 0 Å². The molecule has 0 aliphatic carbocycles. The first-order valence-corrected chi connectivity index (χ1v) is 14.9. The molecule has 11 heteroatoms. The molecule has 3 rings (SSSR count). The van der Waals surface area contributed by atoms with E-state index in [1.54, 1.807) is 49.4 Å². The Hall–Kier alpha value is -2.78. The van der Waals surface area contributed by atoms with E-state index < -0.39 is 28.5 Å². The first-order valence-electron chi connectivity index (χ1n) is 12.3. The highest BCUT2D eigenvalue weighted by atomic mass is 35.5. The van der Waals surface area contributed by atoms with Gasteiger partial charge in [-0.2, -0.15) is 0 Å². The summed E-state index contributed by atoms with van der Waals surface area (Å²) in [4.78, 5) is 28.5. The second-order valence-electron chi connectivity index (χ2n) is 9.16. The molecule has 1 atom stereocenters. The lowest BCUT2D eigenvalue weighted by molar-refractivity contribution is -0.140. The third-order valence-electron chi connectivity index (χ3n) is 5.87. The van der Waals surface area contributed by atoms with Crippen molar-refractivity contribution < 1.29 is 18.0 Å². The van der Waals surface area contributed by atoms with Crippen molar-refractivity contribution in [2.75, 3.05) is 10.8 Å². The van der Waals surface area contributed by atoms with E-state index in [1.165, 1.54) is 35.2 Å². The zero-order chi connectivity index (χ0) is 28.7. The Morgan fingerprint density at radius 1 is 0.897 bits per heavy atom. The van der Waals surface area contributed by atoms with Crippen molar-refractivity contribution in [3.8, 4) is 0 Å². The average Bonchev–Trinajstić information content (AvgIpc) is 2.89. The molecule has 1 N–H and O–H groups in total. The van der Waals surface area contributed by atoms with Crippen LogP contribution in [0.25, 0.3) is 0 Å². The summed E-state index contributed by atoms with van der Waals surface area (Å²) >= 11 is 18.7. The van der Waals surface area contributed by atoms with E-state index in [0.717, 1.165) is 9.87 Å². The molecule has 0 spiro atoms. The quantitative estimate of drug-likeness (QED) is 0.281. The van der Waals surface area contributed by atoms with Crippen LogP contribution in [0.1, 0.15) is 32.8 Å². The third kappa shape index (κ3) is 7.88. The van der Waals surface area contributed by atoms with Gasteiger partial charge >= 0.3 is 0 Å². The Morgan fingerprint density at radius 3 is 2.10 bits per heavy atom. The molecule has 0 radical (unpaired) electrons. The monoisotopic (exact) mass is 609 g/mol. The molecule has 0 heterocycles. The van der Waals surface area contributed by atoms with Gasteiger partial charge < -0.3 is 10.2 Å². The zero-order valence-corrected chi connectivity index (χ0v) is 24.9. The number of anilines is 1. The first-order chi connectivity index (χ1) is 18.4. The molecule has 3 aromatic rings. The number of hydrogen-bond donors (Lipinski definition) is 1. The lowest BCUT2D eigenvalue weighted by Crippen LogP contribution is -2.53. The van der Waals surface area contributed by atoms with Gasteiger partial charge in [-0.05, 0) is 68.3 Å². The molecule has 0 fully saturated rings. The number of benzene rings is 3. The summed E-state index contributed by atoms with van der Waals surface area (Å²) < 4.78 is 28.6. The largest absolute Gasteiger partial charge is 0.352 e. The lowest BCUT2D eigenvalue weighted by Gasteiger charge is -2.33. The maximum Gasteiger partial charge on any atom is 0.264 e. The van der Waals surface area contributed by atoms with Crippen LogP contribution in [0.5, 0.6) is 0 Å². The standard InChI is InChI=1S/C28H30Cl3N3O4S/c1-4-25(28(36)32-19(2)3)33(17-20-10-12-21(29)13-11-20)27(35)18-34(26-16-22(30)14-15-24(26)31)39(37,38)23-8-6-5-7-9-23/h5-16,19,25H,4,17-18H2,1-3H3,(H,32,36)/t25-/m1/s1. The molecular formula is C28H30Cl3N3O4S.